The van der Waals surface area contributed by atoms with Crippen LogP contribution in [0.15, 0.2) is 48.5 Å². The predicted octanol–water partition coefficient (Wildman–Crippen LogP) is 6.08. The van der Waals surface area contributed by atoms with Crippen LogP contribution >= 0.6 is 0 Å². The summed E-state index contributed by atoms with van der Waals surface area (Å²) in [5.41, 5.74) is 2.27. The van der Waals surface area contributed by atoms with Gasteiger partial charge in [-0.3, -0.25) is 4.79 Å². The number of hydrogen-bond acceptors (Lipinski definition) is 1. The molecule has 0 aliphatic heterocycles. The molecular formula is C22H20O. The van der Waals surface area contributed by atoms with Crippen LogP contribution in [0, 0.1) is 0 Å². The zero-order valence-corrected chi connectivity index (χ0v) is 14.0. The summed E-state index contributed by atoms with van der Waals surface area (Å²) in [5.74, 6) is 0.123. The molecule has 0 bridgehead atoms. The van der Waals surface area contributed by atoms with E-state index in [4.69, 9.17) is 0 Å². The van der Waals surface area contributed by atoms with Gasteiger partial charge < -0.3 is 0 Å². The lowest BCUT2D eigenvalue weighted by molar-refractivity contribution is 0.101. The van der Waals surface area contributed by atoms with Crippen molar-refractivity contribution >= 4 is 38.1 Å². The maximum Gasteiger partial charge on any atom is 0.160 e. The van der Waals surface area contributed by atoms with Gasteiger partial charge in [0.25, 0.3) is 0 Å². The van der Waals surface area contributed by atoms with Gasteiger partial charge in [-0.25, -0.2) is 0 Å². The first-order valence-corrected chi connectivity index (χ1v) is 8.09. The molecule has 23 heavy (non-hydrogen) atoms. The lowest BCUT2D eigenvalue weighted by Crippen LogP contribution is -2.10. The van der Waals surface area contributed by atoms with Gasteiger partial charge in [0, 0.05) is 5.56 Å². The number of rotatable bonds is 1. The Morgan fingerprint density at radius 2 is 1.35 bits per heavy atom. The van der Waals surface area contributed by atoms with Crippen LogP contribution in [0.4, 0.5) is 0 Å². The molecule has 0 heterocycles. The van der Waals surface area contributed by atoms with Crippen LogP contribution in [0.25, 0.3) is 32.3 Å². The van der Waals surface area contributed by atoms with E-state index in [0.717, 1.165) is 10.9 Å². The molecule has 0 atom stereocenters. The Morgan fingerprint density at radius 1 is 0.783 bits per heavy atom. The SMILES string of the molecule is CC(=O)c1ccc2ccc3cc(C(C)(C)C)cc4ccc1c2c34. The van der Waals surface area contributed by atoms with Gasteiger partial charge in [0.1, 0.15) is 0 Å². The third-order valence-electron chi connectivity index (χ3n) is 4.84. The Bertz CT molecular complexity index is 1050. The molecule has 0 fully saturated rings. The fraction of sp³-hybridized carbons (Fsp3) is 0.227. The molecule has 1 nitrogen and oxygen atoms in total. The molecule has 0 aromatic heterocycles. The molecule has 0 aliphatic carbocycles. The second kappa shape index (κ2) is 4.55. The molecule has 0 saturated heterocycles. The molecule has 0 unspecified atom stereocenters. The molecule has 114 valence electrons. The molecule has 0 radical (unpaired) electrons. The molecule has 0 saturated carbocycles. The highest BCUT2D eigenvalue weighted by atomic mass is 16.1. The first kappa shape index (κ1) is 14.2. The van der Waals surface area contributed by atoms with Crippen LogP contribution in [0.1, 0.15) is 43.6 Å². The lowest BCUT2D eigenvalue weighted by Gasteiger charge is -2.21. The number of ketones is 1. The summed E-state index contributed by atoms with van der Waals surface area (Å²) in [7, 11) is 0. The predicted molar refractivity (Wildman–Crippen MR) is 98.9 cm³/mol. The normalized spacial score (nSPS) is 12.5. The summed E-state index contributed by atoms with van der Waals surface area (Å²) < 4.78 is 0. The Labute approximate surface area is 136 Å². The highest BCUT2D eigenvalue weighted by Gasteiger charge is 2.18. The average molecular weight is 300 g/mol. The van der Waals surface area contributed by atoms with Crippen LogP contribution in [-0.4, -0.2) is 5.78 Å². The molecule has 0 aliphatic rings. The van der Waals surface area contributed by atoms with E-state index in [9.17, 15) is 4.79 Å². The number of Topliss-reactive ketones (excluding diaryl/α,β-unsaturated/α-hetero) is 1. The second-order valence-electron chi connectivity index (χ2n) is 7.49. The minimum Gasteiger partial charge on any atom is -0.294 e. The van der Waals surface area contributed by atoms with E-state index in [1.54, 1.807) is 6.92 Å². The summed E-state index contributed by atoms with van der Waals surface area (Å²) >= 11 is 0. The van der Waals surface area contributed by atoms with E-state index < -0.39 is 0 Å². The van der Waals surface area contributed by atoms with Gasteiger partial charge in [-0.05, 0) is 50.2 Å². The Morgan fingerprint density at radius 3 is 1.96 bits per heavy atom. The van der Waals surface area contributed by atoms with Gasteiger partial charge in [0.2, 0.25) is 0 Å². The van der Waals surface area contributed by atoms with Gasteiger partial charge in [-0.2, -0.15) is 0 Å². The highest BCUT2D eigenvalue weighted by molar-refractivity contribution is 6.26. The number of carbonyl (C=O) groups excluding carboxylic acids is 1. The van der Waals surface area contributed by atoms with Crippen molar-refractivity contribution in [3.05, 3.63) is 59.7 Å². The Kier molecular flexibility index (Phi) is 2.81. The van der Waals surface area contributed by atoms with Gasteiger partial charge in [-0.15, -0.1) is 0 Å². The van der Waals surface area contributed by atoms with Gasteiger partial charge >= 0.3 is 0 Å². The van der Waals surface area contributed by atoms with E-state index in [-0.39, 0.29) is 11.2 Å². The maximum atomic E-state index is 12.0. The standard InChI is InChI=1S/C22H20O/c1-13(23)18-9-7-14-5-6-15-11-17(22(2,3)4)12-16-8-10-19(18)21(14)20(15)16/h5-12H,1-4H3. The summed E-state index contributed by atoms with van der Waals surface area (Å²) in [6, 6.07) is 17.2. The Balaban J connectivity index is 2.22. The van der Waals surface area contributed by atoms with Crippen LogP contribution < -0.4 is 0 Å². The second-order valence-corrected chi connectivity index (χ2v) is 7.49. The van der Waals surface area contributed by atoms with Gasteiger partial charge in [-0.1, -0.05) is 69.3 Å². The summed E-state index contributed by atoms with van der Waals surface area (Å²) in [6.07, 6.45) is 0. The monoisotopic (exact) mass is 300 g/mol. The number of hydrogen-bond donors (Lipinski definition) is 0. The topological polar surface area (TPSA) is 17.1 Å². The zero-order valence-electron chi connectivity index (χ0n) is 14.0. The van der Waals surface area contributed by atoms with Crippen LogP contribution in [0.2, 0.25) is 0 Å². The van der Waals surface area contributed by atoms with Crippen LogP contribution in [0.5, 0.6) is 0 Å². The third-order valence-corrected chi connectivity index (χ3v) is 4.84. The number of carbonyl (C=O) groups is 1. The van der Waals surface area contributed by atoms with Crippen molar-refractivity contribution in [2.75, 3.05) is 0 Å². The smallest absolute Gasteiger partial charge is 0.160 e. The summed E-state index contributed by atoms with van der Waals surface area (Å²) in [6.45, 7) is 8.37. The Hall–Kier alpha value is -2.41. The first-order valence-electron chi connectivity index (χ1n) is 8.09. The molecule has 1 heteroatoms. The minimum absolute atomic E-state index is 0.120. The molecule has 4 rings (SSSR count). The third kappa shape index (κ3) is 2.03. The molecule has 4 aromatic rings. The maximum absolute atomic E-state index is 12.0. The largest absolute Gasteiger partial charge is 0.294 e. The van der Waals surface area contributed by atoms with E-state index in [1.165, 1.54) is 32.5 Å². The summed E-state index contributed by atoms with van der Waals surface area (Å²) in [5, 5.41) is 7.27. The van der Waals surface area contributed by atoms with Crippen molar-refractivity contribution in [1.82, 2.24) is 0 Å². The number of benzene rings is 4. The van der Waals surface area contributed by atoms with E-state index in [2.05, 4.69) is 63.2 Å². The van der Waals surface area contributed by atoms with E-state index >= 15 is 0 Å². The quantitative estimate of drug-likeness (QED) is 0.307. The van der Waals surface area contributed by atoms with E-state index in [1.807, 2.05) is 6.07 Å². The molecular weight excluding hydrogens is 280 g/mol. The van der Waals surface area contributed by atoms with Crippen LogP contribution in [-0.2, 0) is 5.41 Å². The molecule has 0 amide bonds. The van der Waals surface area contributed by atoms with Crippen molar-refractivity contribution in [1.29, 1.82) is 0 Å². The van der Waals surface area contributed by atoms with Gasteiger partial charge in [0.15, 0.2) is 5.78 Å². The zero-order chi connectivity index (χ0) is 16.4. The average Bonchev–Trinajstić information content (AvgIpc) is 2.50. The van der Waals surface area contributed by atoms with Crippen molar-refractivity contribution < 1.29 is 4.79 Å². The fourth-order valence-corrected chi connectivity index (χ4v) is 3.56. The lowest BCUT2D eigenvalue weighted by atomic mass is 9.83. The minimum atomic E-state index is 0.120. The van der Waals surface area contributed by atoms with Crippen LogP contribution in [0.3, 0.4) is 0 Å². The van der Waals surface area contributed by atoms with Crippen molar-refractivity contribution in [2.24, 2.45) is 0 Å². The van der Waals surface area contributed by atoms with Crippen molar-refractivity contribution in [3.63, 3.8) is 0 Å². The fourth-order valence-electron chi connectivity index (χ4n) is 3.56. The molecule has 4 aromatic carbocycles. The van der Waals surface area contributed by atoms with E-state index in [0.29, 0.717) is 0 Å². The first-order chi connectivity index (χ1) is 10.9. The van der Waals surface area contributed by atoms with Crippen molar-refractivity contribution in [3.8, 4) is 0 Å². The van der Waals surface area contributed by atoms with Gasteiger partial charge in [0.05, 0.1) is 0 Å². The molecule has 0 N–H and O–H groups in total. The van der Waals surface area contributed by atoms with Crippen molar-refractivity contribution in [2.45, 2.75) is 33.1 Å². The summed E-state index contributed by atoms with van der Waals surface area (Å²) in [4.78, 5) is 12.0. The highest BCUT2D eigenvalue weighted by Crippen LogP contribution is 2.38. The molecule has 0 spiro atoms.